The normalized spacial score (nSPS) is 16.6. The Labute approximate surface area is 204 Å². The quantitative estimate of drug-likeness (QED) is 0.406. The summed E-state index contributed by atoms with van der Waals surface area (Å²) in [5, 5.41) is 15.7. The molecule has 176 valence electrons. The molecule has 0 saturated carbocycles. The third kappa shape index (κ3) is 5.75. The number of aryl methyl sites for hydroxylation is 2. The van der Waals surface area contributed by atoms with Crippen LogP contribution in [0.3, 0.4) is 0 Å². The Kier molecular flexibility index (Phi) is 7.17. The topological polar surface area (TPSA) is 87.3 Å². The number of amides is 1. The van der Waals surface area contributed by atoms with Crippen molar-refractivity contribution < 1.29 is 14.3 Å². The van der Waals surface area contributed by atoms with Gasteiger partial charge in [-0.3, -0.25) is 10.2 Å². The smallest absolute Gasteiger partial charge is 0.283 e. The summed E-state index contributed by atoms with van der Waals surface area (Å²) in [4.78, 5) is 16.7. The van der Waals surface area contributed by atoms with Crippen molar-refractivity contribution in [1.29, 1.82) is 5.41 Å². The van der Waals surface area contributed by atoms with Crippen LogP contribution in [0.2, 0.25) is 0 Å². The van der Waals surface area contributed by atoms with Crippen molar-refractivity contribution in [2.24, 2.45) is 16.0 Å². The Morgan fingerprint density at radius 3 is 2.32 bits per heavy atom. The molecule has 4 rings (SSSR count). The number of thioether (sulfide) groups is 1. The molecule has 1 N–H and O–H groups in total. The average molecular weight is 477 g/mol. The number of amidine groups is 2. The van der Waals surface area contributed by atoms with Gasteiger partial charge in [-0.05, 0) is 78.6 Å². The molecule has 0 atom stereocenters. The Morgan fingerprint density at radius 1 is 1.03 bits per heavy atom. The van der Waals surface area contributed by atoms with E-state index >= 15 is 0 Å². The van der Waals surface area contributed by atoms with E-state index in [0.717, 1.165) is 22.8 Å². The summed E-state index contributed by atoms with van der Waals surface area (Å²) in [6.07, 6.45) is 2.45. The molecule has 0 spiro atoms. The highest BCUT2D eigenvalue weighted by atomic mass is 32.2. The van der Waals surface area contributed by atoms with Crippen LogP contribution in [0.1, 0.15) is 37.0 Å². The Balaban J connectivity index is 1.35. The van der Waals surface area contributed by atoms with E-state index in [0.29, 0.717) is 30.0 Å². The number of nitrogens with one attached hydrogen (secondary N) is 1. The summed E-state index contributed by atoms with van der Waals surface area (Å²) in [6, 6.07) is 13.5. The number of hydrogen-bond donors (Lipinski definition) is 1. The molecule has 2 heterocycles. The number of nitrogens with zero attached hydrogens (tertiary/aromatic N) is 3. The molecule has 0 saturated heterocycles. The lowest BCUT2D eigenvalue weighted by Crippen LogP contribution is -2.35. The van der Waals surface area contributed by atoms with Crippen molar-refractivity contribution in [3.05, 3.63) is 64.7 Å². The number of ether oxygens (including phenoxy) is 2. The second-order valence-electron chi connectivity index (χ2n) is 8.70. The van der Waals surface area contributed by atoms with E-state index in [4.69, 9.17) is 14.9 Å². The first kappa shape index (κ1) is 23.8. The maximum atomic E-state index is 12.6. The molecule has 7 nitrogen and oxygen atoms in total. The number of carbonyl (C=O) groups excluding carboxylic acids is 1. The molecule has 0 unspecified atom stereocenters. The number of fused-ring (bicyclic) bond motifs is 1. The van der Waals surface area contributed by atoms with Gasteiger partial charge in [0.2, 0.25) is 5.17 Å². The van der Waals surface area contributed by atoms with Crippen LogP contribution in [0.25, 0.3) is 6.08 Å². The van der Waals surface area contributed by atoms with Gasteiger partial charge in [0.15, 0.2) is 5.84 Å². The molecule has 0 aromatic heterocycles. The van der Waals surface area contributed by atoms with Crippen molar-refractivity contribution in [3.8, 4) is 11.5 Å². The van der Waals surface area contributed by atoms with E-state index in [1.807, 2.05) is 50.2 Å². The molecular weight excluding hydrogens is 448 g/mol. The number of rotatable bonds is 8. The zero-order valence-electron chi connectivity index (χ0n) is 19.8. The molecule has 0 bridgehead atoms. The first-order valence-electron chi connectivity index (χ1n) is 11.2. The van der Waals surface area contributed by atoms with Gasteiger partial charge in [-0.15, -0.1) is 0 Å². The molecule has 2 aromatic rings. The molecule has 0 aliphatic carbocycles. The van der Waals surface area contributed by atoms with E-state index in [2.05, 4.69) is 30.0 Å². The van der Waals surface area contributed by atoms with Gasteiger partial charge in [-0.1, -0.05) is 32.0 Å². The highest BCUT2D eigenvalue weighted by Gasteiger charge is 2.35. The largest absolute Gasteiger partial charge is 0.490 e. The van der Waals surface area contributed by atoms with Crippen LogP contribution in [0.5, 0.6) is 11.5 Å². The zero-order valence-corrected chi connectivity index (χ0v) is 20.6. The summed E-state index contributed by atoms with van der Waals surface area (Å²) in [5.74, 6) is 1.60. The van der Waals surface area contributed by atoms with Crippen molar-refractivity contribution in [2.45, 2.75) is 34.1 Å². The monoisotopic (exact) mass is 476 g/mol. The van der Waals surface area contributed by atoms with Gasteiger partial charge in [0, 0.05) is 6.42 Å². The van der Waals surface area contributed by atoms with Gasteiger partial charge < -0.3 is 9.47 Å². The summed E-state index contributed by atoms with van der Waals surface area (Å²) in [7, 11) is 0. The third-order valence-electron chi connectivity index (χ3n) is 5.09. The van der Waals surface area contributed by atoms with Gasteiger partial charge in [-0.25, -0.2) is 0 Å². The SMILES string of the molecule is Cc1cc(C)cc(OCCOc2ccc(/C=C3\C(=N)N4N=C(CC(C)C)SC4=NC3=O)cc2)c1. The molecule has 34 heavy (non-hydrogen) atoms. The second kappa shape index (κ2) is 10.3. The Bertz CT molecular complexity index is 1180. The van der Waals surface area contributed by atoms with Crippen molar-refractivity contribution >= 4 is 39.8 Å². The molecule has 2 aliphatic heterocycles. The van der Waals surface area contributed by atoms with Crippen LogP contribution < -0.4 is 9.47 Å². The van der Waals surface area contributed by atoms with E-state index in [1.165, 1.54) is 27.9 Å². The average Bonchev–Trinajstić information content (AvgIpc) is 3.16. The Hall–Kier alpha value is -3.39. The fourth-order valence-electron chi connectivity index (χ4n) is 3.63. The van der Waals surface area contributed by atoms with Crippen LogP contribution in [-0.2, 0) is 4.79 Å². The lowest BCUT2D eigenvalue weighted by Gasteiger charge is -2.20. The van der Waals surface area contributed by atoms with Gasteiger partial charge in [-0.2, -0.15) is 15.1 Å². The van der Waals surface area contributed by atoms with Crippen LogP contribution in [0.4, 0.5) is 0 Å². The maximum Gasteiger partial charge on any atom is 0.283 e. The van der Waals surface area contributed by atoms with Gasteiger partial charge >= 0.3 is 0 Å². The van der Waals surface area contributed by atoms with E-state index in [9.17, 15) is 4.79 Å². The standard InChI is InChI=1S/C26H28N4O3S/c1-16(2)11-23-29-30-24(27)22(25(31)28-26(30)34-23)15-19-5-7-20(8-6-19)32-9-10-33-21-13-17(3)12-18(4)14-21/h5-8,12-16,27H,9-11H2,1-4H3/b22-15+,27-24?. The lowest BCUT2D eigenvalue weighted by atomic mass is 10.1. The number of hydrazone groups is 1. The van der Waals surface area contributed by atoms with Gasteiger partial charge in [0.1, 0.15) is 29.8 Å². The minimum absolute atomic E-state index is 0.0464. The van der Waals surface area contributed by atoms with Crippen molar-refractivity contribution in [1.82, 2.24) is 5.01 Å². The molecular formula is C26H28N4O3S. The highest BCUT2D eigenvalue weighted by Crippen LogP contribution is 2.30. The predicted octanol–water partition coefficient (Wildman–Crippen LogP) is 5.43. The minimum atomic E-state index is -0.423. The Morgan fingerprint density at radius 2 is 1.68 bits per heavy atom. The molecule has 2 aromatic carbocycles. The molecule has 0 fully saturated rings. The molecule has 8 heteroatoms. The maximum absolute atomic E-state index is 12.6. The van der Waals surface area contributed by atoms with Gasteiger partial charge in [0.05, 0.1) is 5.57 Å². The van der Waals surface area contributed by atoms with Crippen LogP contribution in [0.15, 0.2) is 58.1 Å². The number of aliphatic imine (C=N–C) groups is 1. The molecule has 1 amide bonds. The summed E-state index contributed by atoms with van der Waals surface area (Å²) >= 11 is 1.36. The van der Waals surface area contributed by atoms with Crippen molar-refractivity contribution in [2.75, 3.05) is 13.2 Å². The third-order valence-corrected chi connectivity index (χ3v) is 6.02. The first-order chi connectivity index (χ1) is 16.3. The summed E-state index contributed by atoms with van der Waals surface area (Å²) in [6.45, 7) is 9.15. The highest BCUT2D eigenvalue weighted by molar-refractivity contribution is 8.26. The summed E-state index contributed by atoms with van der Waals surface area (Å²) < 4.78 is 11.5. The van der Waals surface area contributed by atoms with Crippen LogP contribution >= 0.6 is 11.8 Å². The fraction of sp³-hybridized carbons (Fsp3) is 0.308. The van der Waals surface area contributed by atoms with Gasteiger partial charge in [0.25, 0.3) is 5.91 Å². The molecule has 2 aliphatic rings. The van der Waals surface area contributed by atoms with Crippen LogP contribution in [-0.4, -0.2) is 40.2 Å². The zero-order chi connectivity index (χ0) is 24.2. The number of carbonyl (C=O) groups is 1. The van der Waals surface area contributed by atoms with Crippen LogP contribution in [0, 0.1) is 25.2 Å². The fourth-order valence-corrected chi connectivity index (χ4v) is 4.72. The summed E-state index contributed by atoms with van der Waals surface area (Å²) in [5.41, 5.74) is 3.33. The van der Waals surface area contributed by atoms with E-state index in [1.54, 1.807) is 6.08 Å². The van der Waals surface area contributed by atoms with E-state index < -0.39 is 5.91 Å². The predicted molar refractivity (Wildman–Crippen MR) is 138 cm³/mol. The minimum Gasteiger partial charge on any atom is -0.490 e. The van der Waals surface area contributed by atoms with Crippen molar-refractivity contribution in [3.63, 3.8) is 0 Å². The lowest BCUT2D eigenvalue weighted by molar-refractivity contribution is -0.114. The number of hydrogen-bond acceptors (Lipinski definition) is 6. The molecule has 0 radical (unpaired) electrons. The first-order valence-corrected chi connectivity index (χ1v) is 12.0. The van der Waals surface area contributed by atoms with E-state index in [-0.39, 0.29) is 11.4 Å². The second-order valence-corrected chi connectivity index (χ2v) is 9.74. The number of benzene rings is 2.